The lowest BCUT2D eigenvalue weighted by atomic mass is 10.2. The predicted molar refractivity (Wildman–Crippen MR) is 70.0 cm³/mol. The summed E-state index contributed by atoms with van der Waals surface area (Å²) in [6.45, 7) is 3.52. The van der Waals surface area contributed by atoms with Crippen LogP contribution in [0.2, 0.25) is 0 Å². The molecule has 4 nitrogen and oxygen atoms in total. The maximum atomic E-state index is 12.0. The van der Waals surface area contributed by atoms with Gasteiger partial charge in [-0.15, -0.1) is 12.4 Å². The van der Waals surface area contributed by atoms with Crippen LogP contribution in [0.5, 0.6) is 0 Å². The summed E-state index contributed by atoms with van der Waals surface area (Å²) in [5.74, 6) is 0. The van der Waals surface area contributed by atoms with E-state index in [1.807, 2.05) is 19.1 Å². The highest BCUT2D eigenvalue weighted by molar-refractivity contribution is 7.89. The molecule has 0 aromatic heterocycles. The van der Waals surface area contributed by atoms with E-state index in [-0.39, 0.29) is 18.4 Å². The van der Waals surface area contributed by atoms with Crippen LogP contribution in [0, 0.1) is 6.92 Å². The number of aryl methyl sites for hydroxylation is 1. The minimum Gasteiger partial charge on any atom is -0.315 e. The van der Waals surface area contributed by atoms with Crippen LogP contribution in [0.3, 0.4) is 0 Å². The Morgan fingerprint density at radius 2 is 1.94 bits per heavy atom. The summed E-state index contributed by atoms with van der Waals surface area (Å²) in [6, 6.07) is 6.91. The largest absolute Gasteiger partial charge is 0.315 e. The van der Waals surface area contributed by atoms with Gasteiger partial charge in [-0.25, -0.2) is 13.1 Å². The molecule has 1 atom stereocenters. The second kappa shape index (κ2) is 5.82. The Morgan fingerprint density at radius 3 is 2.47 bits per heavy atom. The van der Waals surface area contributed by atoms with Crippen molar-refractivity contribution in [3.63, 3.8) is 0 Å². The maximum Gasteiger partial charge on any atom is 0.240 e. The molecule has 2 N–H and O–H groups in total. The summed E-state index contributed by atoms with van der Waals surface area (Å²) in [6.07, 6.45) is 0.852. The number of rotatable bonds is 3. The van der Waals surface area contributed by atoms with E-state index < -0.39 is 10.0 Å². The molecule has 1 aliphatic rings. The van der Waals surface area contributed by atoms with Gasteiger partial charge in [0.2, 0.25) is 10.0 Å². The molecule has 6 heteroatoms. The molecule has 0 amide bonds. The molecule has 0 spiro atoms. The van der Waals surface area contributed by atoms with Crippen molar-refractivity contribution in [2.75, 3.05) is 13.1 Å². The number of sulfonamides is 1. The average molecular weight is 277 g/mol. The van der Waals surface area contributed by atoms with Gasteiger partial charge in [0.1, 0.15) is 0 Å². The zero-order valence-electron chi connectivity index (χ0n) is 9.64. The summed E-state index contributed by atoms with van der Waals surface area (Å²) in [7, 11) is -3.35. The summed E-state index contributed by atoms with van der Waals surface area (Å²) < 4.78 is 26.6. The molecule has 96 valence electrons. The number of halogens is 1. The van der Waals surface area contributed by atoms with E-state index >= 15 is 0 Å². The smallest absolute Gasteiger partial charge is 0.240 e. The van der Waals surface area contributed by atoms with Crippen LogP contribution < -0.4 is 10.0 Å². The van der Waals surface area contributed by atoms with Gasteiger partial charge in [-0.05, 0) is 32.0 Å². The Labute approximate surface area is 108 Å². The van der Waals surface area contributed by atoms with Gasteiger partial charge < -0.3 is 5.32 Å². The first kappa shape index (κ1) is 14.4. The van der Waals surface area contributed by atoms with Gasteiger partial charge in [0.25, 0.3) is 0 Å². The van der Waals surface area contributed by atoms with Gasteiger partial charge in [-0.3, -0.25) is 0 Å². The van der Waals surface area contributed by atoms with Crippen LogP contribution in [0.4, 0.5) is 0 Å². The highest BCUT2D eigenvalue weighted by atomic mass is 35.5. The van der Waals surface area contributed by atoms with Gasteiger partial charge in [-0.1, -0.05) is 17.7 Å². The van der Waals surface area contributed by atoms with Gasteiger partial charge in [0.15, 0.2) is 0 Å². The van der Waals surface area contributed by atoms with E-state index in [1.54, 1.807) is 12.1 Å². The van der Waals surface area contributed by atoms with E-state index in [9.17, 15) is 8.42 Å². The van der Waals surface area contributed by atoms with E-state index in [0.717, 1.165) is 18.5 Å². The molecule has 1 aromatic carbocycles. The van der Waals surface area contributed by atoms with Crippen LogP contribution in [-0.2, 0) is 10.0 Å². The zero-order valence-corrected chi connectivity index (χ0v) is 11.3. The van der Waals surface area contributed by atoms with E-state index in [2.05, 4.69) is 10.0 Å². The lowest BCUT2D eigenvalue weighted by molar-refractivity contribution is 0.560. The number of hydrogen-bond acceptors (Lipinski definition) is 3. The molecule has 0 aliphatic carbocycles. The fourth-order valence-corrected chi connectivity index (χ4v) is 3.03. The lowest BCUT2D eigenvalue weighted by Gasteiger charge is -2.11. The van der Waals surface area contributed by atoms with Crippen LogP contribution in [0.15, 0.2) is 29.2 Å². The Morgan fingerprint density at radius 1 is 1.29 bits per heavy atom. The van der Waals surface area contributed by atoms with Crippen molar-refractivity contribution in [3.05, 3.63) is 29.8 Å². The zero-order chi connectivity index (χ0) is 11.6. The molecule has 17 heavy (non-hydrogen) atoms. The summed E-state index contributed by atoms with van der Waals surface area (Å²) in [4.78, 5) is 0.338. The molecular formula is C11H17ClN2O2S. The third kappa shape index (κ3) is 3.67. The number of nitrogens with one attached hydrogen (secondary N) is 2. The van der Waals surface area contributed by atoms with E-state index in [4.69, 9.17) is 0 Å². The Balaban J connectivity index is 0.00000144. The minimum atomic E-state index is -3.35. The molecule has 1 saturated heterocycles. The fourth-order valence-electron chi connectivity index (χ4n) is 1.76. The molecule has 0 bridgehead atoms. The first-order valence-electron chi connectivity index (χ1n) is 5.38. The number of hydrogen-bond donors (Lipinski definition) is 2. The quantitative estimate of drug-likeness (QED) is 0.868. The molecule has 1 unspecified atom stereocenters. The molecule has 0 radical (unpaired) electrons. The highest BCUT2D eigenvalue weighted by Crippen LogP contribution is 2.11. The Kier molecular flexibility index (Phi) is 4.94. The monoisotopic (exact) mass is 276 g/mol. The second-order valence-electron chi connectivity index (χ2n) is 4.12. The van der Waals surface area contributed by atoms with Crippen LogP contribution in [0.1, 0.15) is 12.0 Å². The molecule has 1 fully saturated rings. The molecule has 1 heterocycles. The lowest BCUT2D eigenvalue weighted by Crippen LogP contribution is -2.36. The summed E-state index contributed by atoms with van der Waals surface area (Å²) >= 11 is 0. The van der Waals surface area contributed by atoms with Crippen molar-refractivity contribution >= 4 is 22.4 Å². The van der Waals surface area contributed by atoms with Gasteiger partial charge in [0.05, 0.1) is 4.90 Å². The van der Waals surface area contributed by atoms with Gasteiger partial charge >= 0.3 is 0 Å². The highest BCUT2D eigenvalue weighted by Gasteiger charge is 2.22. The van der Waals surface area contributed by atoms with Gasteiger partial charge in [0, 0.05) is 12.6 Å². The Bertz CT molecular complexity index is 453. The second-order valence-corrected chi connectivity index (χ2v) is 5.84. The van der Waals surface area contributed by atoms with E-state index in [0.29, 0.717) is 11.4 Å². The third-order valence-corrected chi connectivity index (χ3v) is 4.25. The number of benzene rings is 1. The third-order valence-electron chi connectivity index (χ3n) is 2.71. The fraction of sp³-hybridized carbons (Fsp3) is 0.455. The standard InChI is InChI=1S/C11H16N2O2S.ClH/c1-9-2-4-11(5-3-9)16(14,15)13-10-6-7-12-8-10;/h2-5,10,12-13H,6-8H2,1H3;1H. The normalized spacial score (nSPS) is 19.9. The van der Waals surface area contributed by atoms with Crippen molar-refractivity contribution in [2.24, 2.45) is 0 Å². The molecule has 0 saturated carbocycles. The van der Waals surface area contributed by atoms with Crippen molar-refractivity contribution in [1.29, 1.82) is 0 Å². The van der Waals surface area contributed by atoms with Crippen LogP contribution >= 0.6 is 12.4 Å². The molecule has 1 aliphatic heterocycles. The summed E-state index contributed by atoms with van der Waals surface area (Å²) in [5.41, 5.74) is 1.06. The van der Waals surface area contributed by atoms with Crippen molar-refractivity contribution in [3.8, 4) is 0 Å². The molecule has 1 aromatic rings. The van der Waals surface area contributed by atoms with Crippen LogP contribution in [0.25, 0.3) is 0 Å². The van der Waals surface area contributed by atoms with E-state index in [1.165, 1.54) is 0 Å². The molecule has 2 rings (SSSR count). The predicted octanol–water partition coefficient (Wildman–Crippen LogP) is 1.06. The van der Waals surface area contributed by atoms with Crippen molar-refractivity contribution in [1.82, 2.24) is 10.0 Å². The topological polar surface area (TPSA) is 58.2 Å². The minimum absolute atomic E-state index is 0. The first-order chi connectivity index (χ1) is 7.58. The SMILES string of the molecule is Cc1ccc(S(=O)(=O)NC2CCNC2)cc1.Cl. The van der Waals surface area contributed by atoms with Gasteiger partial charge in [-0.2, -0.15) is 0 Å². The Hall–Kier alpha value is -0.620. The van der Waals surface area contributed by atoms with Crippen molar-refractivity contribution in [2.45, 2.75) is 24.3 Å². The maximum absolute atomic E-state index is 12.0. The van der Waals surface area contributed by atoms with Crippen molar-refractivity contribution < 1.29 is 8.42 Å². The summed E-state index contributed by atoms with van der Waals surface area (Å²) in [5, 5.41) is 3.13. The van der Waals surface area contributed by atoms with Crippen LogP contribution in [-0.4, -0.2) is 27.5 Å². The average Bonchev–Trinajstić information content (AvgIpc) is 2.70. The first-order valence-corrected chi connectivity index (χ1v) is 6.86. The molecular weight excluding hydrogens is 260 g/mol.